The van der Waals surface area contributed by atoms with Crippen LogP contribution in [0.1, 0.15) is 16.7 Å². The summed E-state index contributed by atoms with van der Waals surface area (Å²) in [5.74, 6) is 0. The topological polar surface area (TPSA) is 12.5 Å². The van der Waals surface area contributed by atoms with Crippen LogP contribution in [0.5, 0.6) is 0 Å². The number of benzene rings is 2. The first-order chi connectivity index (χ1) is 12.5. The van der Waals surface area contributed by atoms with E-state index in [4.69, 9.17) is 4.74 Å². The second-order valence-electron chi connectivity index (χ2n) is 6.45. The summed E-state index contributed by atoms with van der Waals surface area (Å²) in [5.41, 5.74) is -0.939. The predicted octanol–water partition coefficient (Wildman–Crippen LogP) is 5.54. The highest BCUT2D eigenvalue weighted by molar-refractivity contribution is 5.71. The Hall–Kier alpha value is -2.22. The van der Waals surface area contributed by atoms with E-state index in [1.54, 1.807) is 4.90 Å². The molecule has 1 aliphatic rings. The van der Waals surface area contributed by atoms with Gasteiger partial charge in [0.1, 0.15) is 0 Å². The van der Waals surface area contributed by atoms with Crippen LogP contribution in [-0.4, -0.2) is 26.3 Å². The van der Waals surface area contributed by atoms with E-state index in [1.807, 2.05) is 0 Å². The van der Waals surface area contributed by atoms with Gasteiger partial charge in [0, 0.05) is 18.8 Å². The van der Waals surface area contributed by atoms with Crippen molar-refractivity contribution in [2.45, 2.75) is 19.3 Å². The van der Waals surface area contributed by atoms with Gasteiger partial charge in [-0.25, -0.2) is 0 Å². The van der Waals surface area contributed by atoms with Crippen LogP contribution in [0.2, 0.25) is 0 Å². The van der Waals surface area contributed by atoms with E-state index in [-0.39, 0.29) is 11.1 Å². The highest BCUT2D eigenvalue weighted by Gasteiger charge is 2.33. The molecule has 0 aromatic heterocycles. The number of anilines is 1. The third kappa shape index (κ3) is 4.55. The van der Waals surface area contributed by atoms with Gasteiger partial charge in [0.15, 0.2) is 0 Å². The Morgan fingerprint density at radius 1 is 0.741 bits per heavy atom. The van der Waals surface area contributed by atoms with Crippen LogP contribution in [0.3, 0.4) is 0 Å². The van der Waals surface area contributed by atoms with E-state index < -0.39 is 23.5 Å². The molecule has 2 nitrogen and oxygen atoms in total. The molecule has 2 aromatic carbocycles. The van der Waals surface area contributed by atoms with Gasteiger partial charge in [-0.1, -0.05) is 6.07 Å². The number of alkyl halides is 6. The molecular formula is C19H17F6NO. The molecule has 0 bridgehead atoms. The van der Waals surface area contributed by atoms with Crippen LogP contribution >= 0.6 is 0 Å². The van der Waals surface area contributed by atoms with Gasteiger partial charge >= 0.3 is 12.4 Å². The molecule has 1 fully saturated rings. The van der Waals surface area contributed by atoms with Gasteiger partial charge in [0.2, 0.25) is 0 Å². The number of halogens is 6. The molecule has 0 amide bonds. The van der Waals surface area contributed by atoms with E-state index in [9.17, 15) is 26.3 Å². The first kappa shape index (κ1) is 19.5. The van der Waals surface area contributed by atoms with E-state index in [0.29, 0.717) is 37.6 Å². The summed E-state index contributed by atoms with van der Waals surface area (Å²) in [6, 6.07) is 6.71. The molecule has 0 aliphatic carbocycles. The summed E-state index contributed by atoms with van der Waals surface area (Å²) in [6.07, 6.45) is -9.18. The molecule has 3 rings (SSSR count). The molecular weight excluding hydrogens is 372 g/mol. The maximum absolute atomic E-state index is 13.4. The lowest BCUT2D eigenvalue weighted by atomic mass is 9.97. The van der Waals surface area contributed by atoms with E-state index >= 15 is 0 Å². The summed E-state index contributed by atoms with van der Waals surface area (Å²) in [6.45, 7) is 3.09. The van der Waals surface area contributed by atoms with Crippen LogP contribution in [0.4, 0.5) is 32.0 Å². The van der Waals surface area contributed by atoms with Crippen molar-refractivity contribution in [2.75, 3.05) is 31.2 Å². The van der Waals surface area contributed by atoms with Gasteiger partial charge in [-0.3, -0.25) is 0 Å². The monoisotopic (exact) mass is 389 g/mol. The van der Waals surface area contributed by atoms with Gasteiger partial charge in [0.25, 0.3) is 0 Å². The summed E-state index contributed by atoms with van der Waals surface area (Å²) in [5, 5.41) is 0. The van der Waals surface area contributed by atoms with Crippen molar-refractivity contribution in [1.82, 2.24) is 0 Å². The fourth-order valence-electron chi connectivity index (χ4n) is 3.06. The SMILES string of the molecule is Cc1cc(-c2cc(N3CCOCC3)cc(C(F)(F)F)c2)cc(C(F)(F)F)c1. The molecule has 1 heterocycles. The molecule has 146 valence electrons. The number of hydrogen-bond donors (Lipinski definition) is 0. The Labute approximate surface area is 152 Å². The molecule has 27 heavy (non-hydrogen) atoms. The zero-order valence-corrected chi connectivity index (χ0v) is 14.4. The van der Waals surface area contributed by atoms with Gasteiger partial charge < -0.3 is 9.64 Å². The average molecular weight is 389 g/mol. The summed E-state index contributed by atoms with van der Waals surface area (Å²) >= 11 is 0. The smallest absolute Gasteiger partial charge is 0.378 e. The van der Waals surface area contributed by atoms with Crippen molar-refractivity contribution >= 4 is 5.69 Å². The lowest BCUT2D eigenvalue weighted by Crippen LogP contribution is -2.36. The minimum Gasteiger partial charge on any atom is -0.378 e. The number of rotatable bonds is 2. The van der Waals surface area contributed by atoms with Crippen molar-refractivity contribution in [3.63, 3.8) is 0 Å². The quantitative estimate of drug-likeness (QED) is 0.626. The Morgan fingerprint density at radius 3 is 1.81 bits per heavy atom. The molecule has 0 atom stereocenters. The number of morpholine rings is 1. The van der Waals surface area contributed by atoms with Crippen LogP contribution in [0.15, 0.2) is 36.4 Å². The molecule has 1 saturated heterocycles. The van der Waals surface area contributed by atoms with Gasteiger partial charge in [-0.2, -0.15) is 26.3 Å². The van der Waals surface area contributed by atoms with Crippen LogP contribution in [0.25, 0.3) is 11.1 Å². The Kier molecular flexibility index (Phi) is 5.12. The van der Waals surface area contributed by atoms with Gasteiger partial charge in [-0.15, -0.1) is 0 Å². The normalized spacial score (nSPS) is 15.9. The zero-order valence-electron chi connectivity index (χ0n) is 14.4. The largest absolute Gasteiger partial charge is 0.416 e. The highest BCUT2D eigenvalue weighted by Crippen LogP contribution is 2.38. The second-order valence-corrected chi connectivity index (χ2v) is 6.45. The number of hydrogen-bond acceptors (Lipinski definition) is 2. The van der Waals surface area contributed by atoms with Gasteiger partial charge in [0.05, 0.1) is 24.3 Å². The first-order valence-electron chi connectivity index (χ1n) is 8.28. The van der Waals surface area contributed by atoms with Gasteiger partial charge in [-0.05, 0) is 53.9 Å². The molecule has 1 aliphatic heterocycles. The standard InChI is InChI=1S/C19H17F6NO/c1-12-6-13(8-15(7-12)18(20,21)22)14-9-16(19(23,24)25)11-17(10-14)26-2-4-27-5-3-26/h6-11H,2-5H2,1H3. The highest BCUT2D eigenvalue weighted by atomic mass is 19.4. The third-order valence-corrected chi connectivity index (χ3v) is 4.36. The average Bonchev–Trinajstić information content (AvgIpc) is 2.60. The van der Waals surface area contributed by atoms with Crippen LogP contribution < -0.4 is 4.90 Å². The fourth-order valence-corrected chi connectivity index (χ4v) is 3.06. The van der Waals surface area contributed by atoms with E-state index in [1.165, 1.54) is 19.1 Å². The predicted molar refractivity (Wildman–Crippen MR) is 89.7 cm³/mol. The molecule has 8 heteroatoms. The number of nitrogens with zero attached hydrogens (tertiary/aromatic N) is 1. The van der Waals surface area contributed by atoms with E-state index in [2.05, 4.69) is 0 Å². The Balaban J connectivity index is 2.13. The molecule has 0 saturated carbocycles. The summed E-state index contributed by atoms with van der Waals surface area (Å²) in [4.78, 5) is 1.74. The molecule has 0 spiro atoms. The molecule has 0 N–H and O–H groups in total. The number of ether oxygens (including phenoxy) is 1. The minimum atomic E-state index is -4.60. The minimum absolute atomic E-state index is 0.0977. The Bertz CT molecular complexity index is 822. The maximum Gasteiger partial charge on any atom is 0.416 e. The van der Waals surface area contributed by atoms with E-state index in [0.717, 1.165) is 24.3 Å². The number of aryl methyl sites for hydroxylation is 1. The van der Waals surface area contributed by atoms with Crippen molar-refractivity contribution in [3.8, 4) is 11.1 Å². The molecule has 2 aromatic rings. The first-order valence-corrected chi connectivity index (χ1v) is 8.28. The Morgan fingerprint density at radius 2 is 1.26 bits per heavy atom. The molecule has 0 unspecified atom stereocenters. The second kappa shape index (κ2) is 7.07. The van der Waals surface area contributed by atoms with Crippen molar-refractivity contribution in [1.29, 1.82) is 0 Å². The summed E-state index contributed by atoms with van der Waals surface area (Å²) < 4.78 is 84.6. The third-order valence-electron chi connectivity index (χ3n) is 4.36. The zero-order chi connectivity index (χ0) is 19.8. The van der Waals surface area contributed by atoms with Crippen molar-refractivity contribution in [3.05, 3.63) is 53.1 Å². The maximum atomic E-state index is 13.4. The lowest BCUT2D eigenvalue weighted by molar-refractivity contribution is -0.138. The fraction of sp³-hybridized carbons (Fsp3) is 0.368. The lowest BCUT2D eigenvalue weighted by Gasteiger charge is -2.30. The molecule has 0 radical (unpaired) electrons. The summed E-state index contributed by atoms with van der Waals surface area (Å²) in [7, 11) is 0. The van der Waals surface area contributed by atoms with Crippen LogP contribution in [-0.2, 0) is 17.1 Å². The van der Waals surface area contributed by atoms with Crippen LogP contribution in [0, 0.1) is 6.92 Å². The van der Waals surface area contributed by atoms with Crippen molar-refractivity contribution in [2.24, 2.45) is 0 Å². The van der Waals surface area contributed by atoms with Crippen molar-refractivity contribution < 1.29 is 31.1 Å².